The molecule has 0 spiro atoms. The summed E-state index contributed by atoms with van der Waals surface area (Å²) in [5.41, 5.74) is 0.385. The number of aromatic nitrogens is 3. The number of carbonyl (C=O) groups excluding carboxylic acids is 2. The topological polar surface area (TPSA) is 88.9 Å². The maximum absolute atomic E-state index is 13.9. The summed E-state index contributed by atoms with van der Waals surface area (Å²) < 4.78 is 15.6. The lowest BCUT2D eigenvalue weighted by molar-refractivity contribution is -0.113. The number of allylic oxidation sites excluding steroid dienone is 1. The number of hydrogen-bond acceptors (Lipinski definition) is 5. The molecule has 1 heterocycles. The maximum atomic E-state index is 13.9. The number of nitrogens with one attached hydrogen (secondary N) is 2. The van der Waals surface area contributed by atoms with Gasteiger partial charge in [0, 0.05) is 11.6 Å². The van der Waals surface area contributed by atoms with E-state index in [1.807, 2.05) is 0 Å². The minimum absolute atomic E-state index is 0.0458. The van der Waals surface area contributed by atoms with Gasteiger partial charge in [-0.15, -0.1) is 16.8 Å². The minimum Gasteiger partial charge on any atom is -0.342 e. The standard InChI is InChI=1S/C22H20Cl2FN5O2S/c1-3-10-30-20(13(2)26-21(32)15-6-4-5-7-17(15)25)28-29-22(30)33-12-19(31)27-18-9-8-14(23)11-16(18)24/h3-9,11,13H,1,10,12H2,2H3,(H,26,32)(H,27,31)/t13-/m1/s1. The molecule has 3 rings (SSSR count). The van der Waals surface area contributed by atoms with Crippen LogP contribution >= 0.6 is 35.0 Å². The van der Waals surface area contributed by atoms with Gasteiger partial charge in [0.05, 0.1) is 28.1 Å². The molecular weight excluding hydrogens is 488 g/mol. The van der Waals surface area contributed by atoms with E-state index in [9.17, 15) is 14.0 Å². The zero-order valence-electron chi connectivity index (χ0n) is 17.5. The van der Waals surface area contributed by atoms with Crippen molar-refractivity contribution < 1.29 is 14.0 Å². The summed E-state index contributed by atoms with van der Waals surface area (Å²) >= 11 is 13.1. The van der Waals surface area contributed by atoms with E-state index in [0.29, 0.717) is 33.3 Å². The molecule has 3 aromatic rings. The Labute approximate surface area is 204 Å². The summed E-state index contributed by atoms with van der Waals surface area (Å²) in [6.07, 6.45) is 1.65. The molecular formula is C22H20Cl2FN5O2S. The molecule has 2 N–H and O–H groups in total. The Morgan fingerprint density at radius 3 is 2.70 bits per heavy atom. The number of anilines is 1. The van der Waals surface area contributed by atoms with Gasteiger partial charge in [-0.25, -0.2) is 4.39 Å². The van der Waals surface area contributed by atoms with Crippen LogP contribution in [0, 0.1) is 5.82 Å². The molecule has 11 heteroatoms. The van der Waals surface area contributed by atoms with Gasteiger partial charge in [-0.1, -0.05) is 53.2 Å². The largest absolute Gasteiger partial charge is 0.342 e. The molecule has 1 aromatic heterocycles. The van der Waals surface area contributed by atoms with Gasteiger partial charge in [0.25, 0.3) is 5.91 Å². The average Bonchev–Trinajstić information content (AvgIpc) is 3.17. The van der Waals surface area contributed by atoms with E-state index in [1.165, 1.54) is 36.0 Å². The predicted octanol–water partition coefficient (Wildman–Crippen LogP) is 5.13. The zero-order chi connectivity index (χ0) is 24.0. The van der Waals surface area contributed by atoms with Crippen LogP contribution in [-0.2, 0) is 11.3 Å². The first kappa shape index (κ1) is 24.8. The summed E-state index contributed by atoms with van der Waals surface area (Å²) in [5, 5.41) is 15.0. The van der Waals surface area contributed by atoms with E-state index >= 15 is 0 Å². The molecule has 2 amide bonds. The molecule has 0 saturated carbocycles. The lowest BCUT2D eigenvalue weighted by Crippen LogP contribution is -2.29. The Hall–Kier alpha value is -2.88. The van der Waals surface area contributed by atoms with Crippen molar-refractivity contribution in [3.63, 3.8) is 0 Å². The number of nitrogens with zero attached hydrogens (tertiary/aromatic N) is 3. The average molecular weight is 508 g/mol. The first-order valence-electron chi connectivity index (χ1n) is 9.77. The first-order chi connectivity index (χ1) is 15.8. The number of benzene rings is 2. The SMILES string of the molecule is C=CCn1c(SCC(=O)Nc2ccc(Cl)cc2Cl)nnc1[C@@H](C)NC(=O)c1ccccc1F. The third kappa shape index (κ3) is 6.34. The molecule has 0 aliphatic rings. The number of amides is 2. The van der Waals surface area contributed by atoms with Gasteiger partial charge in [-0.05, 0) is 37.3 Å². The summed E-state index contributed by atoms with van der Waals surface area (Å²) in [4.78, 5) is 24.8. The molecule has 7 nitrogen and oxygen atoms in total. The van der Waals surface area contributed by atoms with Crippen LogP contribution in [0.5, 0.6) is 0 Å². The molecule has 0 unspecified atom stereocenters. The van der Waals surface area contributed by atoms with Crippen LogP contribution in [0.1, 0.15) is 29.1 Å². The fourth-order valence-corrected chi connectivity index (χ4v) is 4.13. The van der Waals surface area contributed by atoms with Gasteiger partial charge in [-0.3, -0.25) is 9.59 Å². The van der Waals surface area contributed by atoms with Crippen molar-refractivity contribution in [1.29, 1.82) is 0 Å². The fraction of sp³-hybridized carbons (Fsp3) is 0.182. The normalized spacial score (nSPS) is 11.6. The molecule has 0 fully saturated rings. The Kier molecular flexibility index (Phi) is 8.49. The highest BCUT2D eigenvalue weighted by atomic mass is 35.5. The highest BCUT2D eigenvalue weighted by molar-refractivity contribution is 7.99. The van der Waals surface area contributed by atoms with Gasteiger partial charge >= 0.3 is 0 Å². The van der Waals surface area contributed by atoms with Crippen LogP contribution in [0.15, 0.2) is 60.3 Å². The number of hydrogen-bond donors (Lipinski definition) is 2. The summed E-state index contributed by atoms with van der Waals surface area (Å²) in [6, 6.07) is 9.92. The number of thioether (sulfide) groups is 1. The third-order valence-corrected chi connectivity index (χ3v) is 5.96. The molecule has 0 aliphatic heterocycles. The van der Waals surface area contributed by atoms with Crippen molar-refractivity contribution in [2.45, 2.75) is 24.7 Å². The first-order valence-corrected chi connectivity index (χ1v) is 11.5. The second kappa shape index (κ2) is 11.3. The summed E-state index contributed by atoms with van der Waals surface area (Å²) in [6.45, 7) is 5.81. The van der Waals surface area contributed by atoms with Crippen LogP contribution in [-0.4, -0.2) is 32.3 Å². The van der Waals surface area contributed by atoms with E-state index in [2.05, 4.69) is 27.4 Å². The van der Waals surface area contributed by atoms with Gasteiger partial charge in [-0.2, -0.15) is 0 Å². The van der Waals surface area contributed by atoms with Crippen molar-refractivity contribution in [2.24, 2.45) is 0 Å². The lowest BCUT2D eigenvalue weighted by atomic mass is 10.2. The van der Waals surface area contributed by atoms with Crippen LogP contribution < -0.4 is 10.6 Å². The number of rotatable bonds is 9. The molecule has 0 aliphatic carbocycles. The van der Waals surface area contributed by atoms with Crippen LogP contribution in [0.2, 0.25) is 10.0 Å². The van der Waals surface area contributed by atoms with Gasteiger partial charge in [0.1, 0.15) is 5.82 Å². The Bertz CT molecular complexity index is 1190. The van der Waals surface area contributed by atoms with Crippen molar-refractivity contribution in [1.82, 2.24) is 20.1 Å². The highest BCUT2D eigenvalue weighted by Gasteiger charge is 2.21. The molecule has 2 aromatic carbocycles. The highest BCUT2D eigenvalue weighted by Crippen LogP contribution is 2.26. The minimum atomic E-state index is -0.613. The lowest BCUT2D eigenvalue weighted by Gasteiger charge is -2.15. The smallest absolute Gasteiger partial charge is 0.254 e. The van der Waals surface area contributed by atoms with Gasteiger partial charge in [0.15, 0.2) is 11.0 Å². The van der Waals surface area contributed by atoms with E-state index < -0.39 is 17.8 Å². The monoisotopic (exact) mass is 507 g/mol. The van der Waals surface area contributed by atoms with E-state index in [-0.39, 0.29) is 17.2 Å². The van der Waals surface area contributed by atoms with Gasteiger partial charge in [0.2, 0.25) is 5.91 Å². The Balaban J connectivity index is 1.68. The molecule has 0 bridgehead atoms. The second-order valence-corrected chi connectivity index (χ2v) is 8.66. The number of halogens is 3. The van der Waals surface area contributed by atoms with Crippen LogP contribution in [0.25, 0.3) is 0 Å². The summed E-state index contributed by atoms with van der Waals surface area (Å²) in [5.74, 6) is -0.979. The van der Waals surface area contributed by atoms with Crippen LogP contribution in [0.4, 0.5) is 10.1 Å². The van der Waals surface area contributed by atoms with Crippen LogP contribution in [0.3, 0.4) is 0 Å². The molecule has 33 heavy (non-hydrogen) atoms. The molecule has 1 atom stereocenters. The molecule has 172 valence electrons. The van der Waals surface area contributed by atoms with Crippen molar-refractivity contribution >= 4 is 52.5 Å². The quantitative estimate of drug-likeness (QED) is 0.309. The maximum Gasteiger partial charge on any atom is 0.254 e. The predicted molar refractivity (Wildman–Crippen MR) is 128 cm³/mol. The van der Waals surface area contributed by atoms with E-state index in [4.69, 9.17) is 23.2 Å². The third-order valence-electron chi connectivity index (χ3n) is 4.45. The molecule has 0 radical (unpaired) electrons. The summed E-state index contributed by atoms with van der Waals surface area (Å²) in [7, 11) is 0. The fourth-order valence-electron chi connectivity index (χ4n) is 2.92. The zero-order valence-corrected chi connectivity index (χ0v) is 19.8. The van der Waals surface area contributed by atoms with Gasteiger partial charge < -0.3 is 15.2 Å². The molecule has 0 saturated heterocycles. The van der Waals surface area contributed by atoms with E-state index in [1.54, 1.807) is 35.8 Å². The Morgan fingerprint density at radius 2 is 2.00 bits per heavy atom. The van der Waals surface area contributed by atoms with Crippen molar-refractivity contribution in [3.8, 4) is 0 Å². The van der Waals surface area contributed by atoms with E-state index in [0.717, 1.165) is 0 Å². The van der Waals surface area contributed by atoms with Crippen molar-refractivity contribution in [2.75, 3.05) is 11.1 Å². The number of carbonyl (C=O) groups is 2. The second-order valence-electron chi connectivity index (χ2n) is 6.88. The van der Waals surface area contributed by atoms with Crippen molar-refractivity contribution in [3.05, 3.63) is 82.4 Å². The Morgan fingerprint density at radius 1 is 1.24 bits per heavy atom.